The minimum absolute atomic E-state index is 0.0422. The number of thioether (sulfide) groups is 1. The van der Waals surface area contributed by atoms with Gasteiger partial charge in [0.2, 0.25) is 11.0 Å². The number of ketones is 1. The van der Waals surface area contributed by atoms with Crippen LogP contribution >= 0.6 is 23.1 Å². The second-order valence-electron chi connectivity index (χ2n) is 8.27. The van der Waals surface area contributed by atoms with E-state index in [4.69, 9.17) is 14.7 Å². The van der Waals surface area contributed by atoms with Gasteiger partial charge in [-0.2, -0.15) is 5.26 Å². The summed E-state index contributed by atoms with van der Waals surface area (Å²) in [5, 5.41) is 25.3. The van der Waals surface area contributed by atoms with Crippen LogP contribution in [0.5, 0.6) is 0 Å². The molecule has 184 valence electrons. The Morgan fingerprint density at radius 3 is 2.86 bits per heavy atom. The van der Waals surface area contributed by atoms with E-state index in [0.29, 0.717) is 63.1 Å². The molecular weight excluding hydrogens is 502 g/mol. The molecule has 1 amide bonds. The third-order valence-electron chi connectivity index (χ3n) is 5.77. The number of nitrogens with zero attached hydrogens (tertiary/aromatic N) is 5. The number of nitrogens with one attached hydrogen (secondary N) is 1. The molecule has 36 heavy (non-hydrogen) atoms. The smallest absolute Gasteiger partial charge is 0.236 e. The molecule has 0 aromatic carbocycles. The van der Waals surface area contributed by atoms with Crippen LogP contribution in [0.1, 0.15) is 42.5 Å². The third-order valence-corrected chi connectivity index (χ3v) is 7.81. The van der Waals surface area contributed by atoms with Gasteiger partial charge in [-0.05, 0) is 38.8 Å². The molecule has 3 aromatic heterocycles. The number of Topliss-reactive ketones (excluding diaryl/α,β-unsaturated/α-hetero) is 1. The molecule has 13 heteroatoms. The number of hydrogen-bond acceptors (Lipinski definition) is 12. The summed E-state index contributed by atoms with van der Waals surface area (Å²) >= 11 is 2.43. The van der Waals surface area contributed by atoms with E-state index >= 15 is 0 Å². The van der Waals surface area contributed by atoms with Crippen LogP contribution in [0.3, 0.4) is 0 Å². The van der Waals surface area contributed by atoms with Crippen LogP contribution < -0.4 is 16.0 Å². The van der Waals surface area contributed by atoms with Crippen LogP contribution in [-0.2, 0) is 9.59 Å². The largest absolute Gasteiger partial charge is 0.465 e. The van der Waals surface area contributed by atoms with E-state index in [-0.39, 0.29) is 28.8 Å². The van der Waals surface area contributed by atoms with Crippen LogP contribution in [0.15, 0.2) is 54.1 Å². The predicted molar refractivity (Wildman–Crippen MR) is 132 cm³/mol. The second-order valence-corrected chi connectivity index (χ2v) is 10.5. The zero-order valence-electron chi connectivity index (χ0n) is 19.4. The van der Waals surface area contributed by atoms with E-state index in [2.05, 4.69) is 26.7 Å². The van der Waals surface area contributed by atoms with E-state index < -0.39 is 5.92 Å². The lowest BCUT2D eigenvalue weighted by Gasteiger charge is -2.37. The molecule has 0 radical (unpaired) electrons. The number of aromatic nitrogens is 3. The van der Waals surface area contributed by atoms with E-state index in [1.165, 1.54) is 23.1 Å². The number of nitrogens with two attached hydrogens (primary N) is 1. The lowest BCUT2D eigenvalue weighted by molar-refractivity contribution is -0.116. The molecule has 3 aromatic rings. The van der Waals surface area contributed by atoms with Crippen molar-refractivity contribution in [3.63, 3.8) is 0 Å². The van der Waals surface area contributed by atoms with Gasteiger partial charge in [-0.15, -0.1) is 10.2 Å². The van der Waals surface area contributed by atoms with Gasteiger partial charge in [0.15, 0.2) is 15.9 Å². The fourth-order valence-corrected chi connectivity index (χ4v) is 5.96. The fourth-order valence-electron chi connectivity index (χ4n) is 4.28. The van der Waals surface area contributed by atoms with Crippen molar-refractivity contribution in [1.29, 1.82) is 5.26 Å². The number of carbonyl (C=O) groups excluding carboxylic acids is 2. The summed E-state index contributed by atoms with van der Waals surface area (Å²) in [6, 6.07) is 7.39. The van der Waals surface area contributed by atoms with Crippen molar-refractivity contribution in [2.75, 3.05) is 16.0 Å². The summed E-state index contributed by atoms with van der Waals surface area (Å²) in [6.07, 6.45) is 1.65. The highest BCUT2D eigenvalue weighted by atomic mass is 32.2. The van der Waals surface area contributed by atoms with Crippen molar-refractivity contribution < 1.29 is 18.5 Å². The van der Waals surface area contributed by atoms with Crippen molar-refractivity contribution in [1.82, 2.24) is 15.4 Å². The highest BCUT2D eigenvalue weighted by Gasteiger charge is 2.42. The number of rotatable bonds is 6. The Balaban J connectivity index is 1.42. The maximum Gasteiger partial charge on any atom is 0.236 e. The zero-order chi connectivity index (χ0) is 25.4. The molecule has 0 fully saturated rings. The molecule has 1 atom stereocenters. The summed E-state index contributed by atoms with van der Waals surface area (Å²) in [5.41, 5.74) is 7.96. The predicted octanol–water partition coefficient (Wildman–Crippen LogP) is 3.77. The van der Waals surface area contributed by atoms with Gasteiger partial charge in [0.05, 0.1) is 23.3 Å². The Morgan fingerprint density at radius 1 is 1.33 bits per heavy atom. The summed E-state index contributed by atoms with van der Waals surface area (Å²) in [7, 11) is 0. The first-order valence-corrected chi connectivity index (χ1v) is 12.9. The lowest BCUT2D eigenvalue weighted by Crippen LogP contribution is -2.38. The Kier molecular flexibility index (Phi) is 6.38. The number of anilines is 2. The molecule has 1 unspecified atom stereocenters. The highest BCUT2D eigenvalue weighted by molar-refractivity contribution is 8.01. The van der Waals surface area contributed by atoms with Crippen LogP contribution in [0.25, 0.3) is 0 Å². The SMILES string of the molecule is Cc1cc(NC(=O)CSc2nnc(N3C(N)=C(C#N)C(c4ccc(C)o4)C4=C3CCCC4=O)s2)no1. The summed E-state index contributed by atoms with van der Waals surface area (Å²) in [4.78, 5) is 27.0. The molecule has 0 bridgehead atoms. The van der Waals surface area contributed by atoms with Gasteiger partial charge >= 0.3 is 0 Å². The standard InChI is InChI=1S/C23H21N7O4S2/c1-11-6-7-16(33-11)19-13(9-24)21(25)30(14-4-3-5-15(31)20(14)19)22-27-28-23(36-22)35-10-18(32)26-17-8-12(2)34-29-17/h6-8,19H,3-5,10,25H2,1-2H3,(H,26,29,32). The third kappa shape index (κ3) is 4.40. The second kappa shape index (κ2) is 9.63. The zero-order valence-corrected chi connectivity index (χ0v) is 21.0. The molecule has 11 nitrogen and oxygen atoms in total. The first kappa shape index (κ1) is 23.8. The van der Waals surface area contributed by atoms with E-state index in [9.17, 15) is 14.9 Å². The van der Waals surface area contributed by atoms with Gasteiger partial charge in [-0.3, -0.25) is 14.5 Å². The molecular formula is C23H21N7O4S2. The Hall–Kier alpha value is -3.89. The van der Waals surface area contributed by atoms with Crippen molar-refractivity contribution in [3.05, 3.63) is 58.1 Å². The van der Waals surface area contributed by atoms with Gasteiger partial charge in [0, 0.05) is 23.8 Å². The van der Waals surface area contributed by atoms with E-state index in [0.717, 1.165) is 0 Å². The number of furan rings is 1. The molecule has 1 aliphatic heterocycles. The Labute approximate surface area is 214 Å². The first-order valence-electron chi connectivity index (χ1n) is 11.1. The molecule has 0 saturated heterocycles. The molecule has 0 saturated carbocycles. The normalized spacial score (nSPS) is 17.9. The molecule has 2 aliphatic rings. The van der Waals surface area contributed by atoms with Crippen LogP contribution in [0.2, 0.25) is 0 Å². The molecule has 1 aliphatic carbocycles. The minimum atomic E-state index is -0.659. The van der Waals surface area contributed by atoms with Crippen LogP contribution in [0, 0.1) is 25.2 Å². The maximum absolute atomic E-state index is 13.1. The summed E-state index contributed by atoms with van der Waals surface area (Å²) < 4.78 is 11.3. The van der Waals surface area contributed by atoms with Crippen molar-refractivity contribution in [3.8, 4) is 6.07 Å². The number of hydrogen-bond donors (Lipinski definition) is 2. The van der Waals surface area contributed by atoms with Crippen molar-refractivity contribution in [2.24, 2.45) is 5.73 Å². The van der Waals surface area contributed by atoms with Crippen LogP contribution in [0.4, 0.5) is 10.9 Å². The van der Waals surface area contributed by atoms with Crippen LogP contribution in [-0.4, -0.2) is 32.8 Å². The number of nitriles is 1. The molecule has 5 rings (SSSR count). The Bertz CT molecular complexity index is 1460. The lowest BCUT2D eigenvalue weighted by atomic mass is 9.78. The molecule has 0 spiro atoms. The van der Waals surface area contributed by atoms with Gasteiger partial charge in [0.25, 0.3) is 0 Å². The van der Waals surface area contributed by atoms with Gasteiger partial charge < -0.3 is 20.0 Å². The number of aryl methyl sites for hydroxylation is 2. The summed E-state index contributed by atoms with van der Waals surface area (Å²) in [6.45, 7) is 3.54. The van der Waals surface area contributed by atoms with E-state index in [1.54, 1.807) is 30.0 Å². The highest BCUT2D eigenvalue weighted by Crippen LogP contribution is 2.47. The minimum Gasteiger partial charge on any atom is -0.465 e. The Morgan fingerprint density at radius 2 is 2.17 bits per heavy atom. The van der Waals surface area contributed by atoms with E-state index in [1.807, 2.05) is 6.92 Å². The van der Waals surface area contributed by atoms with Gasteiger partial charge in [0.1, 0.15) is 23.1 Å². The first-order chi connectivity index (χ1) is 17.4. The number of amides is 1. The average molecular weight is 524 g/mol. The van der Waals surface area contributed by atoms with Gasteiger partial charge in [-0.25, -0.2) is 0 Å². The monoisotopic (exact) mass is 523 g/mol. The van der Waals surface area contributed by atoms with Crippen molar-refractivity contribution in [2.45, 2.75) is 43.4 Å². The topological polar surface area (TPSA) is 164 Å². The van der Waals surface area contributed by atoms with Crippen molar-refractivity contribution >= 4 is 45.7 Å². The average Bonchev–Trinajstić information content (AvgIpc) is 3.59. The van der Waals surface area contributed by atoms with Gasteiger partial charge in [-0.1, -0.05) is 28.3 Å². The quantitative estimate of drug-likeness (QED) is 0.452. The number of allylic oxidation sites excluding steroid dienone is 3. The number of carbonyl (C=O) groups is 2. The molecule has 3 N–H and O–H groups in total. The summed E-state index contributed by atoms with van der Waals surface area (Å²) in [5.74, 6) is 1.43. The maximum atomic E-state index is 13.1. The fraction of sp³-hybridized carbons (Fsp3) is 0.304. The molecule has 4 heterocycles.